The summed E-state index contributed by atoms with van der Waals surface area (Å²) in [5.41, 5.74) is 1.30. The molecule has 2 amide bonds. The highest BCUT2D eigenvalue weighted by atomic mass is 16.2. The molecule has 0 spiro atoms. The van der Waals surface area contributed by atoms with Gasteiger partial charge in [-0.05, 0) is 31.4 Å². The molecule has 1 atom stereocenters. The van der Waals surface area contributed by atoms with Gasteiger partial charge in [0.1, 0.15) is 0 Å². The van der Waals surface area contributed by atoms with E-state index in [1.807, 2.05) is 31.2 Å². The van der Waals surface area contributed by atoms with Gasteiger partial charge in [0.05, 0.1) is 0 Å². The maximum Gasteiger partial charge on any atom is 0.315 e. The summed E-state index contributed by atoms with van der Waals surface area (Å²) in [6.07, 6.45) is 5.45. The van der Waals surface area contributed by atoms with Crippen LogP contribution in [0.1, 0.15) is 18.9 Å². The minimum absolute atomic E-state index is 0.0862. The van der Waals surface area contributed by atoms with E-state index in [-0.39, 0.29) is 12.1 Å². The lowest BCUT2D eigenvalue weighted by Crippen LogP contribution is -2.50. The summed E-state index contributed by atoms with van der Waals surface area (Å²) in [7, 11) is 0. The number of hydrogen-bond donors (Lipinski definition) is 2. The summed E-state index contributed by atoms with van der Waals surface area (Å²) in [5, 5.41) is 6.00. The van der Waals surface area contributed by atoms with Crippen molar-refractivity contribution in [1.29, 1.82) is 0 Å². The highest BCUT2D eigenvalue weighted by molar-refractivity contribution is 5.74. The Balaban J connectivity index is 1.27. The van der Waals surface area contributed by atoms with E-state index in [1.54, 1.807) is 12.4 Å². The first-order valence-electron chi connectivity index (χ1n) is 10.0. The highest BCUT2D eigenvalue weighted by Gasteiger charge is 2.18. The molecule has 0 radical (unpaired) electrons. The quantitative estimate of drug-likeness (QED) is 0.730. The molecule has 150 valence electrons. The zero-order valence-electron chi connectivity index (χ0n) is 16.6. The summed E-state index contributed by atoms with van der Waals surface area (Å²) in [6.45, 7) is 7.28. The second-order valence-electron chi connectivity index (χ2n) is 7.20. The van der Waals surface area contributed by atoms with Crippen molar-refractivity contribution in [3.63, 3.8) is 0 Å². The molecule has 2 heterocycles. The Morgan fingerprint density at radius 1 is 1.07 bits per heavy atom. The van der Waals surface area contributed by atoms with Gasteiger partial charge in [-0.1, -0.05) is 30.3 Å². The number of amides is 2. The number of aromatic nitrogens is 2. The van der Waals surface area contributed by atoms with Crippen LogP contribution in [0, 0.1) is 0 Å². The largest absolute Gasteiger partial charge is 0.338 e. The van der Waals surface area contributed by atoms with Crippen LogP contribution in [0.4, 0.5) is 10.7 Å². The monoisotopic (exact) mass is 382 g/mol. The normalized spacial score (nSPS) is 15.8. The van der Waals surface area contributed by atoms with Crippen molar-refractivity contribution < 1.29 is 4.79 Å². The fraction of sp³-hybridized carbons (Fsp3) is 0.476. The molecular formula is C21H30N6O. The smallest absolute Gasteiger partial charge is 0.315 e. The fourth-order valence-electron chi connectivity index (χ4n) is 3.33. The molecule has 1 aromatic carbocycles. The Bertz CT molecular complexity index is 703. The summed E-state index contributed by atoms with van der Waals surface area (Å²) in [6, 6.07) is 12.3. The number of benzene rings is 1. The molecule has 1 saturated heterocycles. The molecule has 7 heteroatoms. The minimum atomic E-state index is -0.0862. The molecule has 1 aliphatic heterocycles. The van der Waals surface area contributed by atoms with Crippen molar-refractivity contribution in [2.75, 3.05) is 44.2 Å². The second kappa shape index (κ2) is 10.6. The number of rotatable bonds is 8. The van der Waals surface area contributed by atoms with Crippen LogP contribution in [-0.4, -0.2) is 66.2 Å². The standard InChI is InChI=1S/C21H30N6O/c1-18(8-9-19-6-3-2-4-7-19)25-21(28)24-12-13-26-14-16-27(17-15-26)20-22-10-5-11-23-20/h2-7,10-11,18H,8-9,12-17H2,1H3,(H2,24,25,28). The second-order valence-corrected chi connectivity index (χ2v) is 7.20. The van der Waals surface area contributed by atoms with Gasteiger partial charge in [-0.15, -0.1) is 0 Å². The number of urea groups is 1. The minimum Gasteiger partial charge on any atom is -0.338 e. The van der Waals surface area contributed by atoms with Crippen LogP contribution in [0.15, 0.2) is 48.8 Å². The number of aryl methyl sites for hydroxylation is 1. The zero-order chi connectivity index (χ0) is 19.6. The molecule has 0 aliphatic carbocycles. The van der Waals surface area contributed by atoms with E-state index < -0.39 is 0 Å². The number of carbonyl (C=O) groups excluding carboxylic acids is 1. The van der Waals surface area contributed by atoms with Gasteiger partial charge in [0.25, 0.3) is 0 Å². The molecule has 1 aliphatic rings. The average molecular weight is 383 g/mol. The third-order valence-electron chi connectivity index (χ3n) is 5.01. The number of piperazine rings is 1. The van der Waals surface area contributed by atoms with Gasteiger partial charge < -0.3 is 15.5 Å². The van der Waals surface area contributed by atoms with E-state index in [4.69, 9.17) is 0 Å². The van der Waals surface area contributed by atoms with E-state index in [0.29, 0.717) is 6.54 Å². The molecule has 28 heavy (non-hydrogen) atoms. The Morgan fingerprint density at radius 2 is 1.79 bits per heavy atom. The molecule has 1 aromatic heterocycles. The lowest BCUT2D eigenvalue weighted by atomic mass is 10.1. The van der Waals surface area contributed by atoms with Crippen molar-refractivity contribution in [3.8, 4) is 0 Å². The summed E-state index contributed by atoms with van der Waals surface area (Å²) < 4.78 is 0. The van der Waals surface area contributed by atoms with Crippen LogP contribution < -0.4 is 15.5 Å². The third-order valence-corrected chi connectivity index (χ3v) is 5.01. The van der Waals surface area contributed by atoms with Crippen molar-refractivity contribution in [3.05, 3.63) is 54.4 Å². The topological polar surface area (TPSA) is 73.4 Å². The van der Waals surface area contributed by atoms with Crippen molar-refractivity contribution in [1.82, 2.24) is 25.5 Å². The fourth-order valence-corrected chi connectivity index (χ4v) is 3.33. The van der Waals surface area contributed by atoms with Crippen molar-refractivity contribution in [2.45, 2.75) is 25.8 Å². The third kappa shape index (κ3) is 6.49. The molecule has 7 nitrogen and oxygen atoms in total. The van der Waals surface area contributed by atoms with Gasteiger partial charge in [0.2, 0.25) is 5.95 Å². The first kappa shape index (κ1) is 20.1. The van der Waals surface area contributed by atoms with Crippen molar-refractivity contribution >= 4 is 12.0 Å². The molecule has 3 rings (SSSR count). The van der Waals surface area contributed by atoms with Crippen LogP contribution in [0.5, 0.6) is 0 Å². The summed E-state index contributed by atoms with van der Waals surface area (Å²) in [5.74, 6) is 0.796. The molecular weight excluding hydrogens is 352 g/mol. The zero-order valence-corrected chi connectivity index (χ0v) is 16.6. The molecule has 0 bridgehead atoms. The molecule has 2 N–H and O–H groups in total. The SMILES string of the molecule is CC(CCc1ccccc1)NC(=O)NCCN1CCN(c2ncccn2)CC1. The number of nitrogens with zero attached hydrogens (tertiary/aromatic N) is 4. The number of hydrogen-bond acceptors (Lipinski definition) is 5. The van der Waals surface area contributed by atoms with E-state index in [0.717, 1.165) is 51.5 Å². The maximum absolute atomic E-state index is 12.1. The van der Waals surface area contributed by atoms with E-state index in [2.05, 4.69) is 42.5 Å². The number of nitrogens with one attached hydrogen (secondary N) is 2. The van der Waals surface area contributed by atoms with Crippen LogP contribution in [0.2, 0.25) is 0 Å². The van der Waals surface area contributed by atoms with Crippen LogP contribution in [0.25, 0.3) is 0 Å². The number of carbonyl (C=O) groups is 1. The molecule has 1 fully saturated rings. The molecule has 1 unspecified atom stereocenters. The molecule has 2 aromatic rings. The van der Waals surface area contributed by atoms with E-state index >= 15 is 0 Å². The Hall–Kier alpha value is -2.67. The first-order chi connectivity index (χ1) is 13.7. The Labute approximate surface area is 167 Å². The van der Waals surface area contributed by atoms with Gasteiger partial charge in [0.15, 0.2) is 0 Å². The van der Waals surface area contributed by atoms with Gasteiger partial charge in [-0.2, -0.15) is 0 Å². The first-order valence-corrected chi connectivity index (χ1v) is 10.0. The van der Waals surface area contributed by atoms with E-state index in [1.165, 1.54) is 5.56 Å². The van der Waals surface area contributed by atoms with Gasteiger partial charge >= 0.3 is 6.03 Å². The number of anilines is 1. The van der Waals surface area contributed by atoms with Crippen LogP contribution in [0.3, 0.4) is 0 Å². The average Bonchev–Trinajstić information content (AvgIpc) is 2.74. The lowest BCUT2D eigenvalue weighted by Gasteiger charge is -2.34. The Morgan fingerprint density at radius 3 is 2.50 bits per heavy atom. The van der Waals surface area contributed by atoms with Crippen molar-refractivity contribution in [2.24, 2.45) is 0 Å². The maximum atomic E-state index is 12.1. The van der Waals surface area contributed by atoms with Gasteiger partial charge in [-0.3, -0.25) is 4.90 Å². The Kier molecular flexibility index (Phi) is 7.61. The summed E-state index contributed by atoms with van der Waals surface area (Å²) in [4.78, 5) is 25.2. The predicted molar refractivity (Wildman–Crippen MR) is 111 cm³/mol. The van der Waals surface area contributed by atoms with Crippen LogP contribution in [-0.2, 0) is 6.42 Å². The lowest BCUT2D eigenvalue weighted by molar-refractivity contribution is 0.229. The predicted octanol–water partition coefficient (Wildman–Crippen LogP) is 1.92. The van der Waals surface area contributed by atoms with Gasteiger partial charge in [0, 0.05) is 57.7 Å². The highest BCUT2D eigenvalue weighted by Crippen LogP contribution is 2.09. The summed E-state index contributed by atoms with van der Waals surface area (Å²) >= 11 is 0. The van der Waals surface area contributed by atoms with Crippen LogP contribution >= 0.6 is 0 Å². The molecule has 0 saturated carbocycles. The van der Waals surface area contributed by atoms with Gasteiger partial charge in [-0.25, -0.2) is 14.8 Å². The van der Waals surface area contributed by atoms with E-state index in [9.17, 15) is 4.79 Å².